The Morgan fingerprint density at radius 2 is 1.75 bits per heavy atom. The normalized spacial score (nSPS) is 11.6. The van der Waals surface area contributed by atoms with E-state index in [2.05, 4.69) is 0 Å². The van der Waals surface area contributed by atoms with Crippen LogP contribution >= 0.6 is 0 Å². The number of rotatable bonds is 0. The maximum absolute atomic E-state index is 12.7. The highest BCUT2D eigenvalue weighted by Crippen LogP contribution is 2.28. The second kappa shape index (κ2) is 3.97. The summed E-state index contributed by atoms with van der Waals surface area (Å²) in [5.74, 6) is -0.649. The fraction of sp³-hybridized carbons (Fsp3) is 0.300. The molecular formula is C10H10ClF3N2. The summed E-state index contributed by atoms with van der Waals surface area (Å²) in [5.41, 5.74) is 1.15. The Balaban J connectivity index is 0.00000128. The molecule has 0 unspecified atom stereocenters. The zero-order chi connectivity index (χ0) is 11.2. The molecule has 0 aliphatic carbocycles. The second-order valence-electron chi connectivity index (χ2n) is 3.43. The smallest absolute Gasteiger partial charge is 0.495 e. The summed E-state index contributed by atoms with van der Waals surface area (Å²) in [6, 6.07) is 6.79. The van der Waals surface area contributed by atoms with Gasteiger partial charge in [0.2, 0.25) is 0 Å². The van der Waals surface area contributed by atoms with Crippen LogP contribution in [0.2, 0.25) is 0 Å². The van der Waals surface area contributed by atoms with Crippen molar-refractivity contribution >= 4 is 11.0 Å². The largest absolute Gasteiger partial charge is 1.00 e. The van der Waals surface area contributed by atoms with Gasteiger partial charge in [0.25, 0.3) is 0 Å². The van der Waals surface area contributed by atoms with Gasteiger partial charge in [-0.25, -0.2) is 9.13 Å². The lowest BCUT2D eigenvalue weighted by molar-refractivity contribution is -0.667. The maximum atomic E-state index is 12.7. The summed E-state index contributed by atoms with van der Waals surface area (Å²) < 4.78 is 40.4. The third-order valence-electron chi connectivity index (χ3n) is 2.49. The lowest BCUT2D eigenvalue weighted by Gasteiger charge is -2.01. The molecule has 88 valence electrons. The lowest BCUT2D eigenvalue weighted by Crippen LogP contribution is -3.00. The molecule has 16 heavy (non-hydrogen) atoms. The monoisotopic (exact) mass is 250 g/mol. The molecule has 1 aromatic heterocycles. The number of aromatic nitrogens is 2. The highest BCUT2D eigenvalue weighted by molar-refractivity contribution is 5.72. The van der Waals surface area contributed by atoms with Crippen LogP contribution in [0.25, 0.3) is 11.0 Å². The molecule has 1 heterocycles. The van der Waals surface area contributed by atoms with E-state index in [1.54, 1.807) is 24.3 Å². The van der Waals surface area contributed by atoms with Crippen molar-refractivity contribution in [2.24, 2.45) is 14.1 Å². The number of halogens is 4. The van der Waals surface area contributed by atoms with Crippen molar-refractivity contribution in [1.82, 2.24) is 4.57 Å². The molecule has 0 fully saturated rings. The fourth-order valence-electron chi connectivity index (χ4n) is 1.86. The van der Waals surface area contributed by atoms with Crippen molar-refractivity contribution in [1.29, 1.82) is 0 Å². The van der Waals surface area contributed by atoms with Gasteiger partial charge in [0, 0.05) is 0 Å². The fourth-order valence-corrected chi connectivity index (χ4v) is 1.86. The first kappa shape index (κ1) is 12.8. The van der Waals surface area contributed by atoms with Crippen LogP contribution in [0.5, 0.6) is 0 Å². The van der Waals surface area contributed by atoms with Gasteiger partial charge in [-0.2, -0.15) is 13.2 Å². The summed E-state index contributed by atoms with van der Waals surface area (Å²) >= 11 is 0. The Kier molecular flexibility index (Phi) is 3.19. The molecule has 0 aliphatic rings. The third kappa shape index (κ3) is 1.75. The number of hydrogen-bond acceptors (Lipinski definition) is 0. The van der Waals surface area contributed by atoms with Crippen LogP contribution in [0.4, 0.5) is 13.2 Å². The van der Waals surface area contributed by atoms with Crippen molar-refractivity contribution in [2.45, 2.75) is 6.18 Å². The standard InChI is InChI=1S/C10H10F3N2.ClH/c1-14-7-5-3-4-6-8(7)15(2)9(14)10(11,12)13;/h3-6H,1-2H3;1H/q+1;/p-1. The van der Waals surface area contributed by atoms with Crippen molar-refractivity contribution in [3.8, 4) is 0 Å². The molecule has 0 saturated carbocycles. The number of fused-ring (bicyclic) bond motifs is 1. The van der Waals surface area contributed by atoms with E-state index >= 15 is 0 Å². The van der Waals surface area contributed by atoms with Crippen LogP contribution in [0.3, 0.4) is 0 Å². The molecule has 0 N–H and O–H groups in total. The molecule has 2 rings (SSSR count). The molecule has 6 heteroatoms. The first-order valence-corrected chi connectivity index (χ1v) is 4.43. The van der Waals surface area contributed by atoms with Gasteiger partial charge >= 0.3 is 12.0 Å². The molecule has 0 bridgehead atoms. The second-order valence-corrected chi connectivity index (χ2v) is 3.43. The molecule has 2 aromatic rings. The summed E-state index contributed by atoms with van der Waals surface area (Å²) in [6.45, 7) is 0. The van der Waals surface area contributed by atoms with E-state index in [0.29, 0.717) is 11.0 Å². The quantitative estimate of drug-likeness (QED) is 0.532. The van der Waals surface area contributed by atoms with Crippen molar-refractivity contribution in [2.75, 3.05) is 0 Å². The van der Waals surface area contributed by atoms with Crippen LogP contribution < -0.4 is 17.0 Å². The molecule has 0 atom stereocenters. The molecule has 0 amide bonds. The molecule has 0 saturated heterocycles. The maximum Gasteiger partial charge on any atom is 0.495 e. The van der Waals surface area contributed by atoms with Crippen LogP contribution in [0, 0.1) is 0 Å². The third-order valence-corrected chi connectivity index (χ3v) is 2.49. The van der Waals surface area contributed by atoms with E-state index in [1.165, 1.54) is 14.1 Å². The predicted molar refractivity (Wildman–Crippen MR) is 49.1 cm³/mol. The van der Waals surface area contributed by atoms with Gasteiger partial charge in [0.15, 0.2) is 11.0 Å². The SMILES string of the molecule is Cn1c(C(F)(F)F)[n+](C)c2ccccc21.[Cl-]. The molecule has 1 aromatic carbocycles. The predicted octanol–water partition coefficient (Wildman–Crippen LogP) is -0.974. The van der Waals surface area contributed by atoms with Gasteiger partial charge in [-0.1, -0.05) is 12.1 Å². The summed E-state index contributed by atoms with van der Waals surface area (Å²) in [6.07, 6.45) is -4.33. The van der Waals surface area contributed by atoms with Gasteiger partial charge in [-0.05, 0) is 12.1 Å². The van der Waals surface area contributed by atoms with Gasteiger partial charge in [0.1, 0.15) is 0 Å². The summed E-state index contributed by atoms with van der Waals surface area (Å²) in [4.78, 5) is 0. The topological polar surface area (TPSA) is 8.81 Å². The van der Waals surface area contributed by atoms with Gasteiger partial charge in [-0.3, -0.25) is 0 Å². The minimum atomic E-state index is -4.33. The van der Waals surface area contributed by atoms with E-state index in [0.717, 1.165) is 9.13 Å². The highest BCUT2D eigenvalue weighted by Gasteiger charge is 2.45. The van der Waals surface area contributed by atoms with E-state index in [9.17, 15) is 13.2 Å². The average Bonchev–Trinajstić information content (AvgIpc) is 2.39. The van der Waals surface area contributed by atoms with Crippen LogP contribution in [-0.4, -0.2) is 4.57 Å². The summed E-state index contributed by atoms with van der Waals surface area (Å²) in [7, 11) is 2.84. The number of para-hydroxylation sites is 2. The zero-order valence-corrected chi connectivity index (χ0v) is 9.47. The summed E-state index contributed by atoms with van der Waals surface area (Å²) in [5, 5.41) is 0. The van der Waals surface area contributed by atoms with Crippen molar-refractivity contribution < 1.29 is 30.1 Å². The highest BCUT2D eigenvalue weighted by atomic mass is 35.5. The molecule has 2 nitrogen and oxygen atoms in total. The Bertz CT molecular complexity index is 477. The van der Waals surface area contributed by atoms with Crippen molar-refractivity contribution in [3.63, 3.8) is 0 Å². The Hall–Kier alpha value is -1.23. The van der Waals surface area contributed by atoms with E-state index in [-0.39, 0.29) is 12.4 Å². The van der Waals surface area contributed by atoms with Crippen LogP contribution in [-0.2, 0) is 20.3 Å². The Labute approximate surface area is 96.7 Å². The minimum absolute atomic E-state index is 0. The number of benzene rings is 1. The average molecular weight is 251 g/mol. The molecule has 0 spiro atoms. The number of hydrogen-bond donors (Lipinski definition) is 0. The number of aryl methyl sites for hydroxylation is 2. The van der Waals surface area contributed by atoms with Gasteiger partial charge in [0.05, 0.1) is 14.1 Å². The van der Waals surface area contributed by atoms with Gasteiger partial charge < -0.3 is 12.4 Å². The Morgan fingerprint density at radius 3 is 2.25 bits per heavy atom. The van der Waals surface area contributed by atoms with E-state index in [4.69, 9.17) is 0 Å². The molecule has 0 radical (unpaired) electrons. The molecular weight excluding hydrogens is 241 g/mol. The first-order chi connectivity index (χ1) is 6.93. The number of nitrogens with zero attached hydrogens (tertiary/aromatic N) is 2. The first-order valence-electron chi connectivity index (χ1n) is 4.43. The van der Waals surface area contributed by atoms with Crippen LogP contribution in [0.15, 0.2) is 24.3 Å². The van der Waals surface area contributed by atoms with Gasteiger partial charge in [-0.15, -0.1) is 0 Å². The zero-order valence-electron chi connectivity index (χ0n) is 8.72. The minimum Gasteiger partial charge on any atom is -1.00 e. The van der Waals surface area contributed by atoms with E-state index in [1.807, 2.05) is 0 Å². The van der Waals surface area contributed by atoms with Crippen LogP contribution in [0.1, 0.15) is 5.82 Å². The van der Waals surface area contributed by atoms with Crippen molar-refractivity contribution in [3.05, 3.63) is 30.1 Å². The molecule has 0 aliphatic heterocycles. The number of imidazole rings is 1. The number of alkyl halides is 3. The Morgan fingerprint density at radius 1 is 1.19 bits per heavy atom. The van der Waals surface area contributed by atoms with E-state index < -0.39 is 12.0 Å². The lowest BCUT2D eigenvalue weighted by atomic mass is 10.3.